The van der Waals surface area contributed by atoms with Gasteiger partial charge < -0.3 is 15.2 Å². The van der Waals surface area contributed by atoms with E-state index in [1.165, 1.54) is 12.1 Å². The summed E-state index contributed by atoms with van der Waals surface area (Å²) in [5.41, 5.74) is 0.527. The highest BCUT2D eigenvalue weighted by Gasteiger charge is 2.19. The molecule has 1 aromatic carbocycles. The molecule has 0 aliphatic carbocycles. The quantitative estimate of drug-likeness (QED) is 0.656. The smallest absolute Gasteiger partial charge is 0.228 e. The van der Waals surface area contributed by atoms with Crippen molar-refractivity contribution >= 4 is 11.6 Å². The summed E-state index contributed by atoms with van der Waals surface area (Å²) >= 11 is 0. The number of rotatable bonds is 0. The van der Waals surface area contributed by atoms with Crippen molar-refractivity contribution in [3.05, 3.63) is 18.2 Å². The molecule has 1 amide bonds. The molecule has 0 spiro atoms. The number of benzene rings is 1. The van der Waals surface area contributed by atoms with E-state index in [0.717, 1.165) is 0 Å². The summed E-state index contributed by atoms with van der Waals surface area (Å²) in [5.74, 6) is 0.616. The Bertz CT molecular complexity index is 376. The number of ether oxygens (including phenoxy) is 1. The number of amides is 1. The second-order valence-electron chi connectivity index (χ2n) is 3.36. The number of aromatic hydroxyl groups is 1. The van der Waals surface area contributed by atoms with Crippen LogP contribution < -0.4 is 10.1 Å². The van der Waals surface area contributed by atoms with Crippen LogP contribution in [0.15, 0.2) is 18.2 Å². The Morgan fingerprint density at radius 3 is 3.14 bits per heavy atom. The van der Waals surface area contributed by atoms with Crippen molar-refractivity contribution in [3.8, 4) is 11.5 Å². The monoisotopic (exact) mass is 193 g/mol. The molecule has 1 aliphatic heterocycles. The number of anilines is 1. The Morgan fingerprint density at radius 2 is 2.36 bits per heavy atom. The van der Waals surface area contributed by atoms with Gasteiger partial charge in [0, 0.05) is 6.07 Å². The fourth-order valence-electron chi connectivity index (χ4n) is 1.44. The highest BCUT2D eigenvalue weighted by atomic mass is 16.5. The van der Waals surface area contributed by atoms with E-state index >= 15 is 0 Å². The van der Waals surface area contributed by atoms with Gasteiger partial charge in [0.05, 0.1) is 12.1 Å². The van der Waals surface area contributed by atoms with Gasteiger partial charge >= 0.3 is 0 Å². The lowest BCUT2D eigenvalue weighted by Crippen LogP contribution is -2.17. The van der Waals surface area contributed by atoms with E-state index in [-0.39, 0.29) is 17.8 Å². The van der Waals surface area contributed by atoms with Gasteiger partial charge in [-0.1, -0.05) is 0 Å². The van der Waals surface area contributed by atoms with E-state index in [0.29, 0.717) is 17.9 Å². The summed E-state index contributed by atoms with van der Waals surface area (Å²) < 4.78 is 5.49. The number of phenolic OH excluding ortho intramolecular Hbond substituents is 1. The third-order valence-electron chi connectivity index (χ3n) is 2.04. The van der Waals surface area contributed by atoms with Crippen LogP contribution in [-0.2, 0) is 4.79 Å². The van der Waals surface area contributed by atoms with E-state index in [1.807, 2.05) is 6.92 Å². The van der Waals surface area contributed by atoms with Gasteiger partial charge in [-0.25, -0.2) is 0 Å². The van der Waals surface area contributed by atoms with Crippen molar-refractivity contribution < 1.29 is 14.6 Å². The molecule has 0 saturated carbocycles. The predicted octanol–water partition coefficient (Wildman–Crippen LogP) is 1.50. The molecule has 1 aromatic rings. The summed E-state index contributed by atoms with van der Waals surface area (Å²) in [6.45, 7) is 1.83. The number of nitrogens with one attached hydrogen (secondary N) is 1. The van der Waals surface area contributed by atoms with Gasteiger partial charge in [0.15, 0.2) is 0 Å². The van der Waals surface area contributed by atoms with Crippen molar-refractivity contribution in [2.75, 3.05) is 5.32 Å². The Kier molecular flexibility index (Phi) is 2.04. The van der Waals surface area contributed by atoms with Crippen LogP contribution >= 0.6 is 0 Å². The normalized spacial score (nSPS) is 20.4. The third kappa shape index (κ3) is 1.64. The van der Waals surface area contributed by atoms with Gasteiger partial charge in [0.2, 0.25) is 5.91 Å². The average molecular weight is 193 g/mol. The van der Waals surface area contributed by atoms with Crippen LogP contribution in [0.5, 0.6) is 11.5 Å². The van der Waals surface area contributed by atoms with Crippen LogP contribution in [0.2, 0.25) is 0 Å². The van der Waals surface area contributed by atoms with E-state index in [9.17, 15) is 9.90 Å². The second-order valence-corrected chi connectivity index (χ2v) is 3.36. The Hall–Kier alpha value is -1.71. The minimum atomic E-state index is -0.138. The van der Waals surface area contributed by atoms with E-state index in [2.05, 4.69) is 5.32 Å². The van der Waals surface area contributed by atoms with Crippen molar-refractivity contribution in [1.29, 1.82) is 0 Å². The zero-order chi connectivity index (χ0) is 10.1. The van der Waals surface area contributed by atoms with Crippen molar-refractivity contribution in [2.24, 2.45) is 0 Å². The first-order chi connectivity index (χ1) is 6.65. The molecule has 1 atom stereocenters. The summed E-state index contributed by atoms with van der Waals surface area (Å²) in [4.78, 5) is 11.3. The van der Waals surface area contributed by atoms with Crippen LogP contribution in [0.1, 0.15) is 13.3 Å². The molecule has 74 valence electrons. The number of hydrogen-bond acceptors (Lipinski definition) is 3. The maximum Gasteiger partial charge on any atom is 0.228 e. The number of carbonyl (C=O) groups excluding carboxylic acids is 1. The van der Waals surface area contributed by atoms with Crippen LogP contribution in [0.4, 0.5) is 5.69 Å². The van der Waals surface area contributed by atoms with Crippen LogP contribution in [0.3, 0.4) is 0 Å². The third-order valence-corrected chi connectivity index (χ3v) is 2.04. The van der Waals surface area contributed by atoms with Crippen LogP contribution in [0, 0.1) is 0 Å². The molecule has 4 nitrogen and oxygen atoms in total. The molecule has 0 radical (unpaired) electrons. The molecule has 0 aromatic heterocycles. The number of phenols is 1. The molecule has 4 heteroatoms. The minimum Gasteiger partial charge on any atom is -0.508 e. The van der Waals surface area contributed by atoms with E-state index < -0.39 is 0 Å². The molecule has 0 saturated heterocycles. The first-order valence-corrected chi connectivity index (χ1v) is 4.44. The van der Waals surface area contributed by atoms with Gasteiger partial charge in [0.1, 0.15) is 17.6 Å². The van der Waals surface area contributed by atoms with Crippen molar-refractivity contribution in [1.82, 2.24) is 0 Å². The van der Waals surface area contributed by atoms with Gasteiger partial charge in [-0.15, -0.1) is 0 Å². The van der Waals surface area contributed by atoms with E-state index in [1.54, 1.807) is 6.07 Å². The van der Waals surface area contributed by atoms with Crippen molar-refractivity contribution in [2.45, 2.75) is 19.4 Å². The molecule has 1 unspecified atom stereocenters. The van der Waals surface area contributed by atoms with E-state index in [4.69, 9.17) is 4.74 Å². The zero-order valence-corrected chi connectivity index (χ0v) is 7.78. The van der Waals surface area contributed by atoms with Gasteiger partial charge in [-0.2, -0.15) is 0 Å². The molecule has 0 bridgehead atoms. The molecule has 0 fully saturated rings. The maximum absolute atomic E-state index is 11.3. The molecule has 1 aliphatic rings. The number of fused-ring (bicyclic) bond motifs is 1. The Balaban J connectivity index is 2.41. The summed E-state index contributed by atoms with van der Waals surface area (Å²) in [5, 5.41) is 11.9. The molecular formula is C10H11NO3. The first kappa shape index (κ1) is 8.87. The molecule has 14 heavy (non-hydrogen) atoms. The molecular weight excluding hydrogens is 182 g/mol. The second kappa shape index (κ2) is 3.21. The Morgan fingerprint density at radius 1 is 1.57 bits per heavy atom. The highest BCUT2D eigenvalue weighted by Crippen LogP contribution is 2.31. The van der Waals surface area contributed by atoms with Gasteiger partial charge in [0.25, 0.3) is 0 Å². The van der Waals surface area contributed by atoms with Gasteiger partial charge in [-0.05, 0) is 19.1 Å². The molecule has 2 N–H and O–H groups in total. The van der Waals surface area contributed by atoms with Crippen molar-refractivity contribution in [3.63, 3.8) is 0 Å². The lowest BCUT2D eigenvalue weighted by molar-refractivity contribution is -0.117. The lowest BCUT2D eigenvalue weighted by atomic mass is 10.2. The SMILES string of the molecule is CC1CC(=O)Nc2cc(O)ccc2O1. The molecule has 2 rings (SSSR count). The first-order valence-electron chi connectivity index (χ1n) is 4.44. The summed E-state index contributed by atoms with van der Waals surface area (Å²) in [6.07, 6.45) is 0.191. The average Bonchev–Trinajstić information content (AvgIpc) is 2.21. The van der Waals surface area contributed by atoms with Crippen LogP contribution in [-0.4, -0.2) is 17.1 Å². The standard InChI is InChI=1S/C10H11NO3/c1-6-4-10(13)11-8-5-7(12)2-3-9(8)14-6/h2-3,5-6,12H,4H2,1H3,(H,11,13). The minimum absolute atomic E-state index is 0.0955. The number of hydrogen-bond donors (Lipinski definition) is 2. The zero-order valence-electron chi connectivity index (χ0n) is 7.78. The fourth-order valence-corrected chi connectivity index (χ4v) is 1.44. The number of carbonyl (C=O) groups is 1. The largest absolute Gasteiger partial charge is 0.508 e. The highest BCUT2D eigenvalue weighted by molar-refractivity contribution is 5.93. The fraction of sp³-hybridized carbons (Fsp3) is 0.300. The summed E-state index contributed by atoms with van der Waals surface area (Å²) in [7, 11) is 0. The Labute approximate surface area is 81.5 Å². The lowest BCUT2D eigenvalue weighted by Gasteiger charge is -2.10. The topological polar surface area (TPSA) is 58.6 Å². The van der Waals surface area contributed by atoms with Crippen LogP contribution in [0.25, 0.3) is 0 Å². The predicted molar refractivity (Wildman–Crippen MR) is 51.4 cm³/mol. The summed E-state index contributed by atoms with van der Waals surface area (Å²) in [6, 6.07) is 4.65. The maximum atomic E-state index is 11.3. The molecule has 1 heterocycles. The van der Waals surface area contributed by atoms with Gasteiger partial charge in [-0.3, -0.25) is 4.79 Å².